The van der Waals surface area contributed by atoms with Crippen LogP contribution >= 0.6 is 0 Å². The lowest BCUT2D eigenvalue weighted by atomic mass is 9.93. The Labute approximate surface area is 138 Å². The lowest BCUT2D eigenvalue weighted by molar-refractivity contribution is 0.0938. The van der Waals surface area contributed by atoms with Gasteiger partial charge in [0.25, 0.3) is 0 Å². The van der Waals surface area contributed by atoms with E-state index in [1.54, 1.807) is 0 Å². The van der Waals surface area contributed by atoms with Crippen LogP contribution in [0.5, 0.6) is 5.75 Å². The summed E-state index contributed by atoms with van der Waals surface area (Å²) in [6.07, 6.45) is 0. The molecule has 2 aromatic rings. The van der Waals surface area contributed by atoms with Crippen LogP contribution < -0.4 is 10.1 Å². The summed E-state index contributed by atoms with van der Waals surface area (Å²) in [5, 5.41) is 3.07. The van der Waals surface area contributed by atoms with Gasteiger partial charge in [0.15, 0.2) is 5.78 Å². The Kier molecular flexibility index (Phi) is 5.94. The van der Waals surface area contributed by atoms with Gasteiger partial charge in [0.1, 0.15) is 12.4 Å². The van der Waals surface area contributed by atoms with Crippen molar-refractivity contribution in [3.8, 4) is 16.9 Å². The number of carbonyl (C=O) groups excluding carboxylic acids is 1. The number of hydrogen-bond acceptors (Lipinski definition) is 3. The summed E-state index contributed by atoms with van der Waals surface area (Å²) >= 11 is 0. The van der Waals surface area contributed by atoms with E-state index in [2.05, 4.69) is 23.5 Å². The highest BCUT2D eigenvalue weighted by Crippen LogP contribution is 2.33. The number of ether oxygens (including phenoxy) is 1. The predicted octanol–water partition coefficient (Wildman–Crippen LogP) is 4.10. The summed E-state index contributed by atoms with van der Waals surface area (Å²) in [6.45, 7) is 7.16. The van der Waals surface area contributed by atoms with Gasteiger partial charge in [-0.25, -0.2) is 0 Å². The average Bonchev–Trinajstić information content (AvgIpc) is 2.56. The van der Waals surface area contributed by atoms with Crippen molar-refractivity contribution in [3.63, 3.8) is 0 Å². The first-order valence-electron chi connectivity index (χ1n) is 8.06. The SMILES string of the molecule is CNCCOc1cc(C(=O)C(C)C)c(C)cc1-c1ccccc1. The van der Waals surface area contributed by atoms with Crippen molar-refractivity contribution in [3.05, 3.63) is 53.6 Å². The van der Waals surface area contributed by atoms with Crippen molar-refractivity contribution in [1.29, 1.82) is 0 Å². The summed E-state index contributed by atoms with van der Waals surface area (Å²) in [6, 6.07) is 14.1. The molecule has 0 saturated heterocycles. The molecule has 0 fully saturated rings. The van der Waals surface area contributed by atoms with Gasteiger partial charge >= 0.3 is 0 Å². The van der Waals surface area contributed by atoms with Crippen LogP contribution in [0.4, 0.5) is 0 Å². The maximum atomic E-state index is 12.4. The van der Waals surface area contributed by atoms with Crippen LogP contribution in [0.15, 0.2) is 42.5 Å². The second-order valence-electron chi connectivity index (χ2n) is 6.00. The largest absolute Gasteiger partial charge is 0.492 e. The van der Waals surface area contributed by atoms with E-state index in [1.165, 1.54) is 0 Å². The summed E-state index contributed by atoms with van der Waals surface area (Å²) in [5.74, 6) is 0.892. The molecule has 0 aliphatic rings. The second-order valence-corrected chi connectivity index (χ2v) is 6.00. The van der Waals surface area contributed by atoms with Gasteiger partial charge in [-0.15, -0.1) is 0 Å². The molecule has 2 aromatic carbocycles. The molecular formula is C20H25NO2. The van der Waals surface area contributed by atoms with E-state index in [9.17, 15) is 4.79 Å². The van der Waals surface area contributed by atoms with E-state index < -0.39 is 0 Å². The summed E-state index contributed by atoms with van der Waals surface area (Å²) < 4.78 is 5.94. The molecule has 0 aliphatic carbocycles. The number of rotatable bonds is 7. The fourth-order valence-corrected chi connectivity index (χ4v) is 2.49. The molecule has 0 unspecified atom stereocenters. The second kappa shape index (κ2) is 7.93. The molecule has 0 saturated carbocycles. The first-order chi connectivity index (χ1) is 11.0. The van der Waals surface area contributed by atoms with Gasteiger partial charge in [-0.2, -0.15) is 0 Å². The molecular weight excluding hydrogens is 286 g/mol. The molecule has 0 spiro atoms. The van der Waals surface area contributed by atoms with Gasteiger partial charge in [0, 0.05) is 23.6 Å². The highest BCUT2D eigenvalue weighted by Gasteiger charge is 2.17. The van der Waals surface area contributed by atoms with E-state index in [-0.39, 0.29) is 11.7 Å². The standard InChI is InChI=1S/C20H25NO2/c1-14(2)20(22)17-13-19(23-11-10-21-4)18(12-15(17)3)16-8-6-5-7-9-16/h5-9,12-14,21H,10-11H2,1-4H3. The smallest absolute Gasteiger partial charge is 0.165 e. The molecule has 0 heterocycles. The highest BCUT2D eigenvalue weighted by molar-refractivity contribution is 6.00. The number of nitrogens with one attached hydrogen (secondary N) is 1. The van der Waals surface area contributed by atoms with Gasteiger partial charge in [-0.1, -0.05) is 44.2 Å². The summed E-state index contributed by atoms with van der Waals surface area (Å²) in [4.78, 5) is 12.4. The van der Waals surface area contributed by atoms with E-state index in [1.807, 2.05) is 52.1 Å². The molecule has 0 amide bonds. The molecule has 122 valence electrons. The lowest BCUT2D eigenvalue weighted by Crippen LogP contribution is -2.17. The van der Waals surface area contributed by atoms with Gasteiger partial charge in [-0.3, -0.25) is 4.79 Å². The van der Waals surface area contributed by atoms with Crippen LogP contribution in [0, 0.1) is 12.8 Å². The number of likely N-dealkylation sites (N-methyl/N-ethyl adjacent to an activating group) is 1. The molecule has 3 heteroatoms. The van der Waals surface area contributed by atoms with Gasteiger partial charge in [0.2, 0.25) is 0 Å². The van der Waals surface area contributed by atoms with Crippen LogP contribution in [-0.4, -0.2) is 26.0 Å². The number of hydrogen-bond donors (Lipinski definition) is 1. The zero-order chi connectivity index (χ0) is 16.8. The first-order valence-corrected chi connectivity index (χ1v) is 8.06. The third kappa shape index (κ3) is 4.20. The zero-order valence-corrected chi connectivity index (χ0v) is 14.3. The summed E-state index contributed by atoms with van der Waals surface area (Å²) in [7, 11) is 1.89. The molecule has 0 atom stereocenters. The molecule has 0 radical (unpaired) electrons. The quantitative estimate of drug-likeness (QED) is 0.618. The van der Waals surface area contributed by atoms with Crippen LogP contribution in [0.2, 0.25) is 0 Å². The third-order valence-corrected chi connectivity index (χ3v) is 3.81. The molecule has 0 aliphatic heterocycles. The monoisotopic (exact) mass is 311 g/mol. The van der Waals surface area contributed by atoms with Crippen LogP contribution in [-0.2, 0) is 0 Å². The minimum atomic E-state index is -0.0265. The summed E-state index contributed by atoms with van der Waals surface area (Å²) in [5.41, 5.74) is 3.86. The van der Waals surface area contributed by atoms with Crippen molar-refractivity contribution >= 4 is 5.78 Å². The first kappa shape index (κ1) is 17.2. The Morgan fingerprint density at radius 3 is 2.48 bits per heavy atom. The minimum Gasteiger partial charge on any atom is -0.492 e. The Morgan fingerprint density at radius 1 is 1.17 bits per heavy atom. The van der Waals surface area contributed by atoms with E-state index in [4.69, 9.17) is 4.74 Å². The van der Waals surface area contributed by atoms with Crippen LogP contribution in [0.3, 0.4) is 0 Å². The molecule has 1 N–H and O–H groups in total. The molecule has 2 rings (SSSR count). The van der Waals surface area contributed by atoms with Crippen molar-refractivity contribution in [2.45, 2.75) is 20.8 Å². The molecule has 23 heavy (non-hydrogen) atoms. The maximum Gasteiger partial charge on any atom is 0.165 e. The lowest BCUT2D eigenvalue weighted by Gasteiger charge is -2.16. The van der Waals surface area contributed by atoms with Gasteiger partial charge < -0.3 is 10.1 Å². The van der Waals surface area contributed by atoms with Crippen LogP contribution in [0.25, 0.3) is 11.1 Å². The predicted molar refractivity (Wildman–Crippen MR) is 95.2 cm³/mol. The van der Waals surface area contributed by atoms with Crippen LogP contribution in [0.1, 0.15) is 29.8 Å². The average molecular weight is 311 g/mol. The van der Waals surface area contributed by atoms with Gasteiger partial charge in [-0.05, 0) is 37.2 Å². The van der Waals surface area contributed by atoms with E-state index >= 15 is 0 Å². The fourth-order valence-electron chi connectivity index (χ4n) is 2.49. The Balaban J connectivity index is 2.48. The Bertz CT molecular complexity index is 663. The number of benzene rings is 2. The van der Waals surface area contributed by atoms with E-state index in [0.29, 0.717) is 6.61 Å². The van der Waals surface area contributed by atoms with Crippen molar-refractivity contribution in [2.24, 2.45) is 5.92 Å². The van der Waals surface area contributed by atoms with Crippen molar-refractivity contribution in [2.75, 3.05) is 20.2 Å². The Morgan fingerprint density at radius 2 is 1.87 bits per heavy atom. The maximum absolute atomic E-state index is 12.4. The van der Waals surface area contributed by atoms with Crippen molar-refractivity contribution in [1.82, 2.24) is 5.32 Å². The fraction of sp³-hybridized carbons (Fsp3) is 0.350. The third-order valence-electron chi connectivity index (χ3n) is 3.81. The van der Waals surface area contributed by atoms with E-state index in [0.717, 1.165) is 34.5 Å². The number of Topliss-reactive ketones (excluding diaryl/α,β-unsaturated/α-hetero) is 1. The number of ketones is 1. The topological polar surface area (TPSA) is 38.3 Å². The van der Waals surface area contributed by atoms with Crippen molar-refractivity contribution < 1.29 is 9.53 Å². The molecule has 3 nitrogen and oxygen atoms in total. The Hall–Kier alpha value is -2.13. The minimum absolute atomic E-state index is 0.0265. The normalized spacial score (nSPS) is 10.8. The zero-order valence-electron chi connectivity index (χ0n) is 14.3. The molecule has 0 bridgehead atoms. The number of aryl methyl sites for hydroxylation is 1. The molecule has 0 aromatic heterocycles. The van der Waals surface area contributed by atoms with Gasteiger partial charge in [0.05, 0.1) is 0 Å². The number of carbonyl (C=O) groups is 1. The highest BCUT2D eigenvalue weighted by atomic mass is 16.5.